The molecule has 0 amide bonds. The molecule has 6 rings (SSSR count). The first-order valence-corrected chi connectivity index (χ1v) is 13.5. The Morgan fingerprint density at radius 2 is 1.60 bits per heavy atom. The van der Waals surface area contributed by atoms with E-state index in [4.69, 9.17) is 28.4 Å². The Morgan fingerprint density at radius 3 is 2.21 bits per heavy atom. The van der Waals surface area contributed by atoms with Crippen molar-refractivity contribution in [2.24, 2.45) is 11.8 Å². The maximum atomic E-state index is 13.7. The summed E-state index contributed by atoms with van der Waals surface area (Å²) in [6, 6.07) is 13.1. The summed E-state index contributed by atoms with van der Waals surface area (Å²) in [4.78, 5) is 27.6. The third-order valence-electron chi connectivity index (χ3n) is 7.86. The standard InChI is InChI=1S/C31H31FN2O8.ClH/c1-34(2)13-26(35)42-30-24(37-3)9-16(10-25(30)38-4)27-19-11-22-23(41-15-40-22)12-20(19)29(21-14-39-31(36)28(21)27)33-18-7-5-17(32)6-8-18;/h5-12,21,27-29,33H,13-15H2,1-4H3;1H/t21-,27+,28-,29+;/m0./s1. The average molecular weight is 615 g/mol. The zero-order valence-corrected chi connectivity index (χ0v) is 24.9. The minimum absolute atomic E-state index is 0. The molecule has 1 fully saturated rings. The van der Waals surface area contributed by atoms with Crippen molar-refractivity contribution in [3.8, 4) is 28.7 Å². The van der Waals surface area contributed by atoms with E-state index in [9.17, 15) is 14.0 Å². The molecule has 10 nitrogen and oxygen atoms in total. The van der Waals surface area contributed by atoms with Gasteiger partial charge in [0.05, 0.1) is 39.3 Å². The predicted octanol–water partition coefficient (Wildman–Crippen LogP) is 4.55. The van der Waals surface area contributed by atoms with Crippen molar-refractivity contribution in [1.29, 1.82) is 0 Å². The zero-order chi connectivity index (χ0) is 29.5. The van der Waals surface area contributed by atoms with E-state index in [0.29, 0.717) is 22.7 Å². The van der Waals surface area contributed by atoms with Crippen molar-refractivity contribution in [2.75, 3.05) is 53.6 Å². The Hall–Kier alpha value is -4.22. The summed E-state index contributed by atoms with van der Waals surface area (Å²) in [6.07, 6.45) is 0. The molecule has 0 aromatic heterocycles. The van der Waals surface area contributed by atoms with Gasteiger partial charge < -0.3 is 33.7 Å². The lowest BCUT2D eigenvalue weighted by Crippen LogP contribution is -2.37. The summed E-state index contributed by atoms with van der Waals surface area (Å²) < 4.78 is 47.7. The van der Waals surface area contributed by atoms with Crippen LogP contribution in [0.15, 0.2) is 48.5 Å². The zero-order valence-electron chi connectivity index (χ0n) is 24.0. The van der Waals surface area contributed by atoms with Crippen LogP contribution in [0.2, 0.25) is 0 Å². The third kappa shape index (κ3) is 5.62. The van der Waals surface area contributed by atoms with E-state index in [1.165, 1.54) is 26.4 Å². The highest BCUT2D eigenvalue weighted by Gasteiger charge is 2.52. The van der Waals surface area contributed by atoms with E-state index in [1.807, 2.05) is 12.1 Å². The summed E-state index contributed by atoms with van der Waals surface area (Å²) in [5.41, 5.74) is 3.15. The minimum Gasteiger partial charge on any atom is -0.493 e. The highest BCUT2D eigenvalue weighted by Crippen LogP contribution is 2.56. The smallest absolute Gasteiger partial charge is 0.325 e. The number of halogens is 2. The lowest BCUT2D eigenvalue weighted by molar-refractivity contribution is -0.141. The molecule has 3 aromatic carbocycles. The molecular weight excluding hydrogens is 583 g/mol. The molecule has 43 heavy (non-hydrogen) atoms. The molecule has 3 aromatic rings. The van der Waals surface area contributed by atoms with Crippen LogP contribution in [0.1, 0.15) is 28.7 Å². The first-order valence-electron chi connectivity index (χ1n) is 13.5. The molecule has 3 aliphatic rings. The topological polar surface area (TPSA) is 105 Å². The number of nitrogens with zero attached hydrogens (tertiary/aromatic N) is 1. The van der Waals surface area contributed by atoms with Crippen LogP contribution in [-0.4, -0.2) is 65.1 Å². The summed E-state index contributed by atoms with van der Waals surface area (Å²) >= 11 is 0. The van der Waals surface area contributed by atoms with Gasteiger partial charge in [0.25, 0.3) is 0 Å². The number of carbonyl (C=O) groups excluding carboxylic acids is 2. The van der Waals surface area contributed by atoms with Crippen LogP contribution in [0.5, 0.6) is 28.7 Å². The molecule has 228 valence electrons. The number of ether oxygens (including phenoxy) is 6. The van der Waals surface area contributed by atoms with E-state index >= 15 is 0 Å². The number of anilines is 1. The lowest BCUT2D eigenvalue weighted by atomic mass is 9.65. The number of likely N-dealkylation sites (N-methyl/N-ethyl adjacent to an activating group) is 1. The second-order valence-electron chi connectivity index (χ2n) is 10.7. The maximum Gasteiger partial charge on any atom is 0.325 e. The van der Waals surface area contributed by atoms with Crippen molar-refractivity contribution in [3.63, 3.8) is 0 Å². The molecule has 0 saturated carbocycles. The van der Waals surface area contributed by atoms with Crippen LogP contribution >= 0.6 is 12.4 Å². The number of nitrogens with one attached hydrogen (secondary N) is 1. The number of benzene rings is 3. The van der Waals surface area contributed by atoms with Gasteiger partial charge in [0.15, 0.2) is 23.0 Å². The first kappa shape index (κ1) is 30.2. The van der Waals surface area contributed by atoms with E-state index in [0.717, 1.165) is 11.1 Å². The van der Waals surface area contributed by atoms with Crippen molar-refractivity contribution < 1.29 is 42.4 Å². The van der Waals surface area contributed by atoms with Gasteiger partial charge in [-0.3, -0.25) is 14.5 Å². The number of methoxy groups -OCH3 is 2. The number of fused-ring (bicyclic) bond motifs is 3. The van der Waals surface area contributed by atoms with Crippen LogP contribution < -0.4 is 29.0 Å². The molecular formula is C31H32ClFN2O8. The molecule has 0 radical (unpaired) electrons. The summed E-state index contributed by atoms with van der Waals surface area (Å²) in [7, 11) is 6.48. The second kappa shape index (κ2) is 12.2. The number of rotatable bonds is 8. The van der Waals surface area contributed by atoms with Crippen LogP contribution in [0, 0.1) is 17.7 Å². The third-order valence-corrected chi connectivity index (χ3v) is 7.86. The molecule has 0 bridgehead atoms. The fourth-order valence-electron chi connectivity index (χ4n) is 6.06. The Kier molecular flexibility index (Phi) is 8.57. The van der Waals surface area contributed by atoms with Crippen LogP contribution in [0.3, 0.4) is 0 Å². The van der Waals surface area contributed by atoms with Crippen molar-refractivity contribution in [3.05, 3.63) is 71.0 Å². The summed E-state index contributed by atoms with van der Waals surface area (Å²) in [6.45, 7) is 0.346. The number of hydrogen-bond donors (Lipinski definition) is 1. The molecule has 2 heterocycles. The number of hydrogen-bond acceptors (Lipinski definition) is 10. The van der Waals surface area contributed by atoms with E-state index in [2.05, 4.69) is 5.32 Å². The quantitative estimate of drug-likeness (QED) is 0.287. The molecule has 0 spiro atoms. The SMILES string of the molecule is COc1cc([C@@H]2c3cc4c(cc3[C@@H](Nc3ccc(F)cc3)[C@H]3COC(=O)[C@H]23)OCO4)cc(OC)c1OC(=O)CN(C)C.Cl. The normalized spacial score (nSPS) is 21.3. The summed E-state index contributed by atoms with van der Waals surface area (Å²) in [5, 5.41) is 3.50. The van der Waals surface area contributed by atoms with Gasteiger partial charge in [-0.25, -0.2) is 4.39 Å². The van der Waals surface area contributed by atoms with E-state index < -0.39 is 17.8 Å². The lowest BCUT2D eigenvalue weighted by Gasteiger charge is -2.40. The van der Waals surface area contributed by atoms with E-state index in [1.54, 1.807) is 43.3 Å². The molecule has 2 aliphatic heterocycles. The van der Waals surface area contributed by atoms with Crippen LogP contribution in [0.4, 0.5) is 10.1 Å². The largest absolute Gasteiger partial charge is 0.493 e. The Labute approximate surface area is 254 Å². The first-order chi connectivity index (χ1) is 20.3. The number of carbonyl (C=O) groups is 2. The van der Waals surface area contributed by atoms with E-state index in [-0.39, 0.29) is 73.3 Å². The van der Waals surface area contributed by atoms with Crippen LogP contribution in [0.25, 0.3) is 0 Å². The Balaban J connectivity index is 0.00000368. The van der Waals surface area contributed by atoms with Crippen molar-refractivity contribution in [1.82, 2.24) is 4.90 Å². The molecule has 4 atom stereocenters. The highest BCUT2D eigenvalue weighted by molar-refractivity contribution is 5.85. The van der Waals surface area contributed by atoms with Gasteiger partial charge >= 0.3 is 11.9 Å². The van der Waals surface area contributed by atoms with Gasteiger partial charge in [0.2, 0.25) is 12.5 Å². The van der Waals surface area contributed by atoms with Gasteiger partial charge in [-0.15, -0.1) is 12.4 Å². The molecule has 0 unspecified atom stereocenters. The van der Waals surface area contributed by atoms with Gasteiger partial charge in [0, 0.05) is 17.5 Å². The fourth-order valence-corrected chi connectivity index (χ4v) is 6.06. The Bertz CT molecular complexity index is 1510. The predicted molar refractivity (Wildman–Crippen MR) is 156 cm³/mol. The van der Waals surface area contributed by atoms with Gasteiger partial charge in [0.1, 0.15) is 5.82 Å². The number of esters is 2. The fraction of sp³-hybridized carbons (Fsp3) is 0.355. The molecule has 1 saturated heterocycles. The Morgan fingerprint density at radius 1 is 0.977 bits per heavy atom. The molecule has 1 N–H and O–H groups in total. The maximum absolute atomic E-state index is 13.7. The van der Waals surface area contributed by atoms with Gasteiger partial charge in [-0.05, 0) is 79.3 Å². The van der Waals surface area contributed by atoms with Crippen LogP contribution in [-0.2, 0) is 14.3 Å². The average Bonchev–Trinajstić information content (AvgIpc) is 3.59. The monoisotopic (exact) mass is 614 g/mol. The van der Waals surface area contributed by atoms with Gasteiger partial charge in [-0.2, -0.15) is 0 Å². The highest BCUT2D eigenvalue weighted by atomic mass is 35.5. The second-order valence-corrected chi connectivity index (χ2v) is 10.7. The molecule has 1 aliphatic carbocycles. The summed E-state index contributed by atoms with van der Waals surface area (Å²) in [5.74, 6) is -0.591. The minimum atomic E-state index is -0.577. The van der Waals surface area contributed by atoms with Gasteiger partial charge in [-0.1, -0.05) is 0 Å². The molecule has 12 heteroatoms. The van der Waals surface area contributed by atoms with Crippen molar-refractivity contribution in [2.45, 2.75) is 12.0 Å². The van der Waals surface area contributed by atoms with Crippen molar-refractivity contribution >= 4 is 30.0 Å². The number of cyclic esters (lactones) is 1.